The van der Waals surface area contributed by atoms with Crippen LogP contribution >= 0.6 is 0 Å². The Kier molecular flexibility index (Phi) is 1.97. The van der Waals surface area contributed by atoms with E-state index >= 15 is 0 Å². The first-order valence-corrected chi connectivity index (χ1v) is 5.25. The lowest BCUT2D eigenvalue weighted by Gasteiger charge is -2.38. The Labute approximate surface area is 95.7 Å². The van der Waals surface area contributed by atoms with Gasteiger partial charge in [0.05, 0.1) is 12.4 Å². The second-order valence-electron chi connectivity index (χ2n) is 4.11. The molecule has 2 aromatic heterocycles. The van der Waals surface area contributed by atoms with Crippen molar-refractivity contribution in [1.82, 2.24) is 25.0 Å². The Hall–Kier alpha value is -2.25. The third-order valence-corrected chi connectivity index (χ3v) is 3.09. The zero-order chi connectivity index (χ0) is 11.9. The number of carboxylic acids is 1. The molecule has 1 fully saturated rings. The fraction of sp³-hybridized carbons (Fsp3) is 0.444. The molecule has 0 radical (unpaired) electrons. The maximum absolute atomic E-state index is 11.2. The minimum Gasteiger partial charge on any atom is -0.480 e. The first-order chi connectivity index (χ1) is 8.21. The maximum Gasteiger partial charge on any atom is 0.329 e. The van der Waals surface area contributed by atoms with Gasteiger partial charge in [-0.25, -0.2) is 4.79 Å². The zero-order valence-corrected chi connectivity index (χ0v) is 8.87. The Morgan fingerprint density at radius 3 is 2.94 bits per heavy atom. The van der Waals surface area contributed by atoms with Crippen LogP contribution in [0.2, 0.25) is 0 Å². The van der Waals surface area contributed by atoms with Gasteiger partial charge in [-0.05, 0) is 29.7 Å². The number of hydrogen-bond donors (Lipinski definition) is 2. The van der Waals surface area contributed by atoms with E-state index in [4.69, 9.17) is 0 Å². The van der Waals surface area contributed by atoms with Crippen molar-refractivity contribution in [3.8, 4) is 0 Å². The van der Waals surface area contributed by atoms with Gasteiger partial charge in [-0.3, -0.25) is 4.98 Å². The van der Waals surface area contributed by atoms with Gasteiger partial charge in [-0.2, -0.15) is 4.52 Å². The summed E-state index contributed by atoms with van der Waals surface area (Å²) in [5.41, 5.74) is -0.420. The topological polar surface area (TPSA) is 105 Å². The first-order valence-electron chi connectivity index (χ1n) is 5.25. The van der Waals surface area contributed by atoms with Crippen LogP contribution in [0.3, 0.4) is 0 Å². The van der Waals surface area contributed by atoms with Crippen LogP contribution in [0.15, 0.2) is 12.4 Å². The summed E-state index contributed by atoms with van der Waals surface area (Å²) in [7, 11) is 0. The quantitative estimate of drug-likeness (QED) is 0.766. The fourth-order valence-corrected chi connectivity index (χ4v) is 1.93. The molecule has 1 aliphatic rings. The highest BCUT2D eigenvalue weighted by Gasteiger charge is 2.45. The number of fused-ring (bicyclic) bond motifs is 1. The van der Waals surface area contributed by atoms with E-state index in [1.807, 2.05) is 0 Å². The van der Waals surface area contributed by atoms with Crippen molar-refractivity contribution in [1.29, 1.82) is 0 Å². The van der Waals surface area contributed by atoms with E-state index in [0.29, 0.717) is 24.3 Å². The van der Waals surface area contributed by atoms with Crippen LogP contribution in [0, 0.1) is 0 Å². The molecule has 0 bridgehead atoms. The van der Waals surface area contributed by atoms with Crippen molar-refractivity contribution in [2.75, 3.05) is 5.32 Å². The van der Waals surface area contributed by atoms with Gasteiger partial charge >= 0.3 is 5.97 Å². The molecule has 0 spiro atoms. The predicted octanol–water partition coefficient (Wildman–Crippen LogP) is -0.0615. The molecule has 0 amide bonds. The Balaban J connectivity index is 1.99. The maximum atomic E-state index is 11.2. The molecule has 0 unspecified atom stereocenters. The Morgan fingerprint density at radius 2 is 2.29 bits per heavy atom. The normalized spacial score (nSPS) is 17.6. The summed E-state index contributed by atoms with van der Waals surface area (Å²) in [6.07, 6.45) is 5.13. The van der Waals surface area contributed by atoms with E-state index in [1.165, 1.54) is 16.9 Å². The summed E-state index contributed by atoms with van der Waals surface area (Å²) < 4.78 is 1.44. The van der Waals surface area contributed by atoms with Crippen molar-refractivity contribution in [3.63, 3.8) is 0 Å². The number of nitrogens with one attached hydrogen (secondary N) is 1. The number of hydrogen-bond acceptors (Lipinski definition) is 6. The van der Waals surface area contributed by atoms with E-state index in [-0.39, 0.29) is 0 Å². The Morgan fingerprint density at radius 1 is 1.47 bits per heavy atom. The highest BCUT2D eigenvalue weighted by Crippen LogP contribution is 2.35. The molecule has 1 aliphatic carbocycles. The average molecular weight is 234 g/mol. The van der Waals surface area contributed by atoms with Gasteiger partial charge in [0.1, 0.15) is 5.54 Å². The average Bonchev–Trinajstić information content (AvgIpc) is 2.71. The second-order valence-corrected chi connectivity index (χ2v) is 4.11. The number of carbonyl (C=O) groups is 1. The van der Waals surface area contributed by atoms with Crippen LogP contribution in [-0.4, -0.2) is 41.6 Å². The fourth-order valence-electron chi connectivity index (χ4n) is 1.93. The van der Waals surface area contributed by atoms with Gasteiger partial charge < -0.3 is 10.4 Å². The number of aliphatic carboxylic acids is 1. The minimum absolute atomic E-state index is 0.481. The van der Waals surface area contributed by atoms with E-state index in [1.54, 1.807) is 0 Å². The molecule has 88 valence electrons. The van der Waals surface area contributed by atoms with Crippen molar-refractivity contribution in [2.45, 2.75) is 24.8 Å². The molecule has 0 aliphatic heterocycles. The molecule has 8 heteroatoms. The molecule has 3 rings (SSSR count). The number of anilines is 1. The van der Waals surface area contributed by atoms with Crippen molar-refractivity contribution in [3.05, 3.63) is 12.4 Å². The molecule has 0 aromatic carbocycles. The number of aromatic nitrogens is 5. The lowest BCUT2D eigenvalue weighted by molar-refractivity contribution is -0.145. The molecule has 2 aromatic rings. The second kappa shape index (κ2) is 3.37. The van der Waals surface area contributed by atoms with E-state index < -0.39 is 11.5 Å². The SMILES string of the molecule is O=C(O)C1(Nc2cncc3nnnn23)CCC1. The van der Waals surface area contributed by atoms with Gasteiger partial charge in [0.2, 0.25) is 0 Å². The molecule has 0 atom stereocenters. The molecule has 2 heterocycles. The van der Waals surface area contributed by atoms with Crippen molar-refractivity contribution >= 4 is 17.4 Å². The minimum atomic E-state index is -0.901. The van der Waals surface area contributed by atoms with E-state index in [0.717, 1.165) is 6.42 Å². The smallest absolute Gasteiger partial charge is 0.329 e. The zero-order valence-electron chi connectivity index (χ0n) is 8.87. The number of rotatable bonds is 3. The molecular weight excluding hydrogens is 224 g/mol. The van der Waals surface area contributed by atoms with Gasteiger partial charge in [0, 0.05) is 0 Å². The lowest BCUT2D eigenvalue weighted by atomic mass is 9.77. The monoisotopic (exact) mass is 234 g/mol. The number of nitrogens with zero attached hydrogens (tertiary/aromatic N) is 5. The van der Waals surface area contributed by atoms with Crippen molar-refractivity contribution in [2.24, 2.45) is 0 Å². The van der Waals surface area contributed by atoms with Crippen molar-refractivity contribution < 1.29 is 9.90 Å². The van der Waals surface area contributed by atoms with Crippen LogP contribution in [0.1, 0.15) is 19.3 Å². The van der Waals surface area contributed by atoms with Gasteiger partial charge in [-0.15, -0.1) is 5.10 Å². The standard InChI is InChI=1S/C9H10N6O2/c16-8(17)9(2-1-3-9)11-6-4-10-5-7-12-13-14-15(6)7/h4-5,11H,1-3H2,(H,16,17). The molecule has 1 saturated carbocycles. The van der Waals surface area contributed by atoms with Crippen LogP contribution in [-0.2, 0) is 4.79 Å². The van der Waals surface area contributed by atoms with E-state index in [9.17, 15) is 9.90 Å². The molecule has 0 saturated heterocycles. The molecule has 8 nitrogen and oxygen atoms in total. The number of tetrazole rings is 1. The van der Waals surface area contributed by atoms with Gasteiger partial charge in [0.25, 0.3) is 0 Å². The summed E-state index contributed by atoms with van der Waals surface area (Å²) >= 11 is 0. The summed E-state index contributed by atoms with van der Waals surface area (Å²) in [5.74, 6) is -0.358. The van der Waals surface area contributed by atoms with Crippen LogP contribution in [0.4, 0.5) is 5.82 Å². The summed E-state index contributed by atoms with van der Waals surface area (Å²) in [4.78, 5) is 15.2. The molecule has 2 N–H and O–H groups in total. The van der Waals surface area contributed by atoms with Crippen LogP contribution in [0.5, 0.6) is 0 Å². The Bertz CT molecular complexity index is 576. The summed E-state index contributed by atoms with van der Waals surface area (Å²) in [5, 5.41) is 23.2. The summed E-state index contributed by atoms with van der Waals surface area (Å²) in [6, 6.07) is 0. The third-order valence-electron chi connectivity index (χ3n) is 3.09. The van der Waals surface area contributed by atoms with Gasteiger partial charge in [0.15, 0.2) is 11.5 Å². The van der Waals surface area contributed by atoms with Gasteiger partial charge in [-0.1, -0.05) is 0 Å². The third kappa shape index (κ3) is 1.41. The molecule has 17 heavy (non-hydrogen) atoms. The van der Waals surface area contributed by atoms with E-state index in [2.05, 4.69) is 25.8 Å². The first kappa shape index (κ1) is 9.94. The lowest BCUT2D eigenvalue weighted by Crippen LogP contribution is -2.52. The predicted molar refractivity (Wildman–Crippen MR) is 56.4 cm³/mol. The largest absolute Gasteiger partial charge is 0.480 e. The highest BCUT2D eigenvalue weighted by molar-refractivity contribution is 5.83. The summed E-state index contributed by atoms with van der Waals surface area (Å²) in [6.45, 7) is 0. The van der Waals surface area contributed by atoms with Crippen LogP contribution < -0.4 is 5.32 Å². The van der Waals surface area contributed by atoms with Crippen LogP contribution in [0.25, 0.3) is 5.65 Å². The number of carboxylic acid groups (broad SMARTS) is 1. The highest BCUT2D eigenvalue weighted by atomic mass is 16.4. The molecular formula is C9H10N6O2.